The highest BCUT2D eigenvalue weighted by atomic mass is 19.2. The first-order valence-corrected chi connectivity index (χ1v) is 15.7. The summed E-state index contributed by atoms with van der Waals surface area (Å²) in [4.78, 5) is 13.2. The van der Waals surface area contributed by atoms with Crippen LogP contribution in [0.4, 0.5) is 27.8 Å². The van der Waals surface area contributed by atoms with Crippen LogP contribution in [-0.4, -0.2) is 82.7 Å². The maximum atomic E-state index is 16.9. The lowest BCUT2D eigenvalue weighted by atomic mass is 9.94. The quantitative estimate of drug-likeness (QED) is 0.289. The van der Waals surface area contributed by atoms with Crippen molar-refractivity contribution in [2.75, 3.05) is 37.7 Å². The zero-order valence-corrected chi connectivity index (χ0v) is 24.6. The summed E-state index contributed by atoms with van der Waals surface area (Å²) in [6, 6.07) is 4.04. The molecule has 0 saturated carbocycles. The van der Waals surface area contributed by atoms with E-state index in [9.17, 15) is 13.9 Å². The monoisotopic (exact) mass is 639 g/mol. The number of rotatable bonds is 4. The first kappa shape index (κ1) is 28.3. The van der Waals surface area contributed by atoms with Crippen LogP contribution in [0.5, 0.6) is 17.5 Å². The fourth-order valence-electron chi connectivity index (χ4n) is 8.61. The smallest absolute Gasteiger partial charge is 0.319 e. The summed E-state index contributed by atoms with van der Waals surface area (Å²) in [5.41, 5.74) is -1.96. The number of halogens is 5. The normalized spacial score (nSPS) is 28.4. The second-order valence-electron chi connectivity index (χ2n) is 13.3. The van der Waals surface area contributed by atoms with E-state index in [2.05, 4.69) is 15.2 Å². The van der Waals surface area contributed by atoms with Gasteiger partial charge in [-0.3, -0.25) is 4.90 Å². The van der Waals surface area contributed by atoms with Crippen molar-refractivity contribution in [1.82, 2.24) is 20.2 Å². The van der Waals surface area contributed by atoms with Gasteiger partial charge in [0.25, 0.3) is 0 Å². The maximum Gasteiger partial charge on any atom is 0.319 e. The van der Waals surface area contributed by atoms with Gasteiger partial charge >= 0.3 is 6.01 Å². The molecule has 2 N–H and O–H groups in total. The second kappa shape index (κ2) is 10.0. The van der Waals surface area contributed by atoms with E-state index in [1.807, 2.05) is 4.90 Å². The molecule has 46 heavy (non-hydrogen) atoms. The number of fused-ring (bicyclic) bond motifs is 7. The number of phenols is 1. The van der Waals surface area contributed by atoms with Gasteiger partial charge in [-0.25, -0.2) is 22.0 Å². The Morgan fingerprint density at radius 1 is 1.04 bits per heavy atom. The van der Waals surface area contributed by atoms with Gasteiger partial charge in [0.2, 0.25) is 0 Å². The van der Waals surface area contributed by atoms with Gasteiger partial charge in [-0.05, 0) is 55.8 Å². The summed E-state index contributed by atoms with van der Waals surface area (Å²) in [5.74, 6) is -5.28. The maximum absolute atomic E-state index is 16.9. The van der Waals surface area contributed by atoms with E-state index in [0.29, 0.717) is 19.5 Å². The molecule has 3 aromatic carbocycles. The number of piperazine rings is 1. The Morgan fingerprint density at radius 3 is 2.78 bits per heavy atom. The van der Waals surface area contributed by atoms with Crippen molar-refractivity contribution >= 4 is 27.5 Å². The average Bonchev–Trinajstić information content (AvgIpc) is 3.66. The van der Waals surface area contributed by atoms with E-state index in [4.69, 9.17) is 14.5 Å². The summed E-state index contributed by atoms with van der Waals surface area (Å²) in [6.07, 6.45) is 2.77. The lowest BCUT2D eigenvalue weighted by molar-refractivity contribution is 0.107. The predicted molar refractivity (Wildman–Crippen MR) is 159 cm³/mol. The van der Waals surface area contributed by atoms with Crippen LogP contribution in [0.25, 0.3) is 32.8 Å². The molecule has 1 aromatic heterocycles. The molecule has 0 radical (unpaired) electrons. The van der Waals surface area contributed by atoms with Gasteiger partial charge in [0.15, 0.2) is 29.0 Å². The highest BCUT2D eigenvalue weighted by Gasteiger charge is 2.50. The third-order valence-electron chi connectivity index (χ3n) is 10.7. The first-order chi connectivity index (χ1) is 22.2. The molecule has 4 saturated heterocycles. The van der Waals surface area contributed by atoms with Gasteiger partial charge in [-0.2, -0.15) is 9.97 Å². The van der Waals surface area contributed by atoms with Gasteiger partial charge in [0.1, 0.15) is 36.5 Å². The van der Waals surface area contributed by atoms with Crippen LogP contribution in [-0.2, 0) is 0 Å². The summed E-state index contributed by atoms with van der Waals surface area (Å²) in [5, 5.41) is 13.7. The number of alkyl halides is 1. The highest BCUT2D eigenvalue weighted by molar-refractivity contribution is 6.04. The number of benzene rings is 3. The molecular weight excluding hydrogens is 609 g/mol. The number of aromatic nitrogens is 2. The lowest BCUT2D eigenvalue weighted by Gasteiger charge is -2.40. The number of nitrogens with one attached hydrogen (secondary N) is 1. The van der Waals surface area contributed by atoms with Gasteiger partial charge in [0, 0.05) is 42.5 Å². The van der Waals surface area contributed by atoms with E-state index in [1.165, 1.54) is 12.1 Å². The second-order valence-corrected chi connectivity index (χ2v) is 13.3. The molecule has 4 aromatic rings. The molecule has 0 unspecified atom stereocenters. The summed E-state index contributed by atoms with van der Waals surface area (Å²) < 4.78 is 90.1. The minimum absolute atomic E-state index is 0.0105. The Morgan fingerprint density at radius 2 is 1.91 bits per heavy atom. The van der Waals surface area contributed by atoms with Crippen LogP contribution in [0.2, 0.25) is 0 Å². The third-order valence-corrected chi connectivity index (χ3v) is 10.7. The van der Waals surface area contributed by atoms with Crippen LogP contribution in [0.15, 0.2) is 24.3 Å². The number of aromatic hydroxyl groups is 1. The van der Waals surface area contributed by atoms with Crippen molar-refractivity contribution in [3.8, 4) is 28.6 Å². The summed E-state index contributed by atoms with van der Waals surface area (Å²) in [6.45, 7) is 1.74. The van der Waals surface area contributed by atoms with Crippen molar-refractivity contribution in [1.29, 1.82) is 0 Å². The first-order valence-electron chi connectivity index (χ1n) is 15.7. The number of phenolic OH excluding ortho intramolecular Hbond substituents is 1. The van der Waals surface area contributed by atoms with E-state index in [-0.39, 0.29) is 65.2 Å². The highest BCUT2D eigenvalue weighted by Crippen LogP contribution is 2.48. The molecule has 0 aliphatic carbocycles. The van der Waals surface area contributed by atoms with Crippen LogP contribution in [0, 0.1) is 23.3 Å². The molecule has 4 fully saturated rings. The average molecular weight is 640 g/mol. The molecule has 0 amide bonds. The molecular formula is C33H30F5N5O3. The predicted octanol–water partition coefficient (Wildman–Crippen LogP) is 5.37. The van der Waals surface area contributed by atoms with Crippen molar-refractivity contribution in [3.63, 3.8) is 0 Å². The van der Waals surface area contributed by atoms with Crippen LogP contribution in [0.1, 0.15) is 32.1 Å². The fourth-order valence-corrected chi connectivity index (χ4v) is 8.61. The van der Waals surface area contributed by atoms with Gasteiger partial charge in [-0.1, -0.05) is 6.07 Å². The van der Waals surface area contributed by atoms with Crippen LogP contribution in [0.3, 0.4) is 0 Å². The van der Waals surface area contributed by atoms with Gasteiger partial charge in [-0.15, -0.1) is 0 Å². The number of hydrogen-bond acceptors (Lipinski definition) is 8. The number of ether oxygens (including phenoxy) is 2. The summed E-state index contributed by atoms with van der Waals surface area (Å²) >= 11 is 0. The molecule has 5 atom stereocenters. The Hall–Kier alpha value is -3.97. The topological polar surface area (TPSA) is 83.0 Å². The molecule has 240 valence electrons. The molecule has 0 spiro atoms. The van der Waals surface area contributed by atoms with Gasteiger partial charge < -0.3 is 24.8 Å². The largest absolute Gasteiger partial charge is 0.508 e. The lowest BCUT2D eigenvalue weighted by Crippen LogP contribution is -2.60. The Bertz CT molecular complexity index is 1950. The van der Waals surface area contributed by atoms with Crippen LogP contribution < -0.4 is 19.7 Å². The standard InChI is InChI=1S/C33H30F5N5O3/c34-16-10-33(6-1-7-42(33)11-16)14-46-32-40-29-25-30(45-13-22-21-5-3-17(39-21)12-43(22)31(25)41-32)28(38)24(27(29)37)19-9-18(44)8-15-2-4-20(35)26(36)23(15)19/h2,4,8-9,16-17,21-22,39,44H,1,3,5-7,10-14H2/t16-,17-,21+,22-,33+/m1/s1. The molecule has 5 aliphatic rings. The number of nitrogens with zero attached hydrogens (tertiary/aromatic N) is 4. The van der Waals surface area contributed by atoms with Gasteiger partial charge in [0.05, 0.1) is 22.5 Å². The molecule has 5 aliphatic heterocycles. The molecule has 6 heterocycles. The van der Waals surface area contributed by atoms with E-state index < -0.39 is 57.2 Å². The van der Waals surface area contributed by atoms with Crippen molar-refractivity contribution in [2.24, 2.45) is 0 Å². The van der Waals surface area contributed by atoms with Crippen molar-refractivity contribution in [3.05, 3.63) is 47.5 Å². The zero-order valence-electron chi connectivity index (χ0n) is 24.6. The van der Waals surface area contributed by atoms with E-state index in [0.717, 1.165) is 44.4 Å². The number of hydrogen-bond donors (Lipinski definition) is 2. The van der Waals surface area contributed by atoms with Crippen molar-refractivity contribution < 1.29 is 36.5 Å². The van der Waals surface area contributed by atoms with E-state index >= 15 is 13.2 Å². The third kappa shape index (κ3) is 4.03. The van der Waals surface area contributed by atoms with Crippen LogP contribution >= 0.6 is 0 Å². The number of anilines is 1. The minimum atomic E-state index is -1.31. The molecule has 8 nitrogen and oxygen atoms in total. The van der Waals surface area contributed by atoms with E-state index in [1.54, 1.807) is 0 Å². The molecule has 2 bridgehead atoms. The Kier molecular flexibility index (Phi) is 6.15. The Balaban J connectivity index is 1.26. The summed E-state index contributed by atoms with van der Waals surface area (Å²) in [7, 11) is 0. The SMILES string of the molecule is Oc1cc(-c2c(F)c3c4c(nc(OC[C@@]56CCCN5C[C@H](F)C6)nc4c2F)N2C[C@H]4CC[C@H](N4)[C@H]2CO3)c2c(F)c(F)ccc2c1. The fraction of sp³-hybridized carbons (Fsp3) is 0.455. The zero-order chi connectivity index (χ0) is 31.5. The van der Waals surface area contributed by atoms with Crippen molar-refractivity contribution in [2.45, 2.75) is 61.9 Å². The molecule has 9 rings (SSSR count). The Labute approximate surface area is 260 Å². The minimum Gasteiger partial charge on any atom is -0.508 e. The molecule has 13 heteroatoms.